The monoisotopic (exact) mass is 362 g/mol. The third kappa shape index (κ3) is 15.7. The second-order valence-corrected chi connectivity index (χ2v) is 9.08. The molecule has 0 rings (SSSR count). The van der Waals surface area contributed by atoms with Crippen LogP contribution in [-0.4, -0.2) is 19.4 Å². The SMILES string of the molecule is CCCCCCCCOP(=O)(CCCC)OCCCCCCCC. The Morgan fingerprint density at radius 1 is 0.542 bits per heavy atom. The summed E-state index contributed by atoms with van der Waals surface area (Å²) in [6, 6.07) is 0. The molecule has 0 unspecified atom stereocenters. The van der Waals surface area contributed by atoms with Gasteiger partial charge < -0.3 is 9.05 Å². The first kappa shape index (κ1) is 24.1. The van der Waals surface area contributed by atoms with Crippen LogP contribution < -0.4 is 0 Å². The van der Waals surface area contributed by atoms with Crippen LogP contribution in [0.5, 0.6) is 0 Å². The summed E-state index contributed by atoms with van der Waals surface area (Å²) in [6.45, 7) is 7.75. The highest BCUT2D eigenvalue weighted by Gasteiger charge is 2.23. The van der Waals surface area contributed by atoms with E-state index < -0.39 is 7.60 Å². The van der Waals surface area contributed by atoms with E-state index in [0.717, 1.165) is 25.7 Å². The van der Waals surface area contributed by atoms with Gasteiger partial charge in [0, 0.05) is 0 Å². The van der Waals surface area contributed by atoms with Crippen molar-refractivity contribution in [2.45, 2.75) is 111 Å². The van der Waals surface area contributed by atoms with Gasteiger partial charge in [-0.25, -0.2) is 0 Å². The third-order valence-electron chi connectivity index (χ3n) is 4.36. The van der Waals surface area contributed by atoms with Crippen LogP contribution in [0.2, 0.25) is 0 Å². The number of hydrogen-bond donors (Lipinski definition) is 0. The highest BCUT2D eigenvalue weighted by molar-refractivity contribution is 7.53. The lowest BCUT2D eigenvalue weighted by atomic mass is 10.1. The molecule has 0 aliphatic heterocycles. The molecule has 0 fully saturated rings. The van der Waals surface area contributed by atoms with E-state index in [1.54, 1.807) is 0 Å². The largest absolute Gasteiger partial charge is 0.330 e. The molecule has 3 nitrogen and oxygen atoms in total. The highest BCUT2D eigenvalue weighted by Crippen LogP contribution is 2.49. The molecule has 0 aromatic carbocycles. The molecule has 0 aromatic heterocycles. The van der Waals surface area contributed by atoms with Crippen LogP contribution in [-0.2, 0) is 13.6 Å². The molecule has 0 saturated heterocycles. The van der Waals surface area contributed by atoms with Crippen LogP contribution in [0.4, 0.5) is 0 Å². The molecule has 0 aliphatic carbocycles. The molecule has 0 aliphatic rings. The average Bonchev–Trinajstić information content (AvgIpc) is 2.58. The van der Waals surface area contributed by atoms with Gasteiger partial charge in [-0.2, -0.15) is 0 Å². The zero-order valence-electron chi connectivity index (χ0n) is 16.7. The molecule has 0 aromatic rings. The predicted octanol–water partition coefficient (Wildman–Crippen LogP) is 7.73. The summed E-state index contributed by atoms with van der Waals surface area (Å²) in [4.78, 5) is 0. The smallest absolute Gasteiger partial charge is 0.309 e. The van der Waals surface area contributed by atoms with Crippen molar-refractivity contribution in [3.63, 3.8) is 0 Å². The summed E-state index contributed by atoms with van der Waals surface area (Å²) in [5, 5.41) is 0. The maximum absolute atomic E-state index is 12.8. The first-order valence-corrected chi connectivity index (χ1v) is 12.3. The van der Waals surface area contributed by atoms with Crippen LogP contribution >= 0.6 is 7.60 Å². The minimum Gasteiger partial charge on any atom is -0.309 e. The Hall–Kier alpha value is 0.150. The van der Waals surface area contributed by atoms with Crippen LogP contribution in [0.1, 0.15) is 111 Å². The van der Waals surface area contributed by atoms with Crippen molar-refractivity contribution in [3.8, 4) is 0 Å². The molecular weight excluding hydrogens is 319 g/mol. The fourth-order valence-electron chi connectivity index (χ4n) is 2.69. The van der Waals surface area contributed by atoms with Gasteiger partial charge in [-0.3, -0.25) is 4.57 Å². The predicted molar refractivity (Wildman–Crippen MR) is 106 cm³/mol. The third-order valence-corrected chi connectivity index (χ3v) is 6.37. The molecule has 0 radical (unpaired) electrons. The number of unbranched alkanes of at least 4 members (excludes halogenated alkanes) is 11. The Labute approximate surface area is 151 Å². The van der Waals surface area contributed by atoms with Crippen molar-refractivity contribution < 1.29 is 13.6 Å². The lowest BCUT2D eigenvalue weighted by molar-refractivity contribution is 0.197. The van der Waals surface area contributed by atoms with Gasteiger partial charge in [-0.05, 0) is 19.3 Å². The van der Waals surface area contributed by atoms with Crippen LogP contribution in [0.3, 0.4) is 0 Å². The standard InChI is InChI=1S/C20H43O3P/c1-4-7-10-12-14-16-18-22-24(21,20-9-6-3)23-19-17-15-13-11-8-5-2/h4-20H2,1-3H3. The summed E-state index contributed by atoms with van der Waals surface area (Å²) < 4.78 is 24.2. The van der Waals surface area contributed by atoms with Crippen molar-refractivity contribution in [1.82, 2.24) is 0 Å². The van der Waals surface area contributed by atoms with Crippen molar-refractivity contribution >= 4 is 7.60 Å². The summed E-state index contributed by atoms with van der Waals surface area (Å²) in [5.41, 5.74) is 0. The summed E-state index contributed by atoms with van der Waals surface area (Å²) in [7, 11) is -2.86. The molecule has 0 saturated carbocycles. The molecule has 0 heterocycles. The molecule has 0 bridgehead atoms. The summed E-state index contributed by atoms with van der Waals surface area (Å²) in [5.74, 6) is 0. The van der Waals surface area contributed by atoms with E-state index in [2.05, 4.69) is 20.8 Å². The van der Waals surface area contributed by atoms with Gasteiger partial charge in [0.25, 0.3) is 0 Å². The molecule has 0 atom stereocenters. The summed E-state index contributed by atoms with van der Waals surface area (Å²) in [6.07, 6.45) is 17.2. The Bertz CT molecular complexity index is 273. The molecule has 146 valence electrons. The van der Waals surface area contributed by atoms with E-state index in [1.807, 2.05) is 0 Å². The van der Waals surface area contributed by atoms with Gasteiger partial charge in [0.2, 0.25) is 0 Å². The second-order valence-electron chi connectivity index (χ2n) is 6.89. The average molecular weight is 363 g/mol. The normalized spacial score (nSPS) is 12.0. The van der Waals surface area contributed by atoms with Gasteiger partial charge in [0.1, 0.15) is 0 Å². The van der Waals surface area contributed by atoms with Gasteiger partial charge in [-0.1, -0.05) is 91.4 Å². The Kier molecular flexibility index (Phi) is 18.1. The maximum Gasteiger partial charge on any atom is 0.330 e. The fourth-order valence-corrected chi connectivity index (χ4v) is 4.54. The Balaban J connectivity index is 3.84. The van der Waals surface area contributed by atoms with Gasteiger partial charge in [-0.15, -0.1) is 0 Å². The zero-order valence-corrected chi connectivity index (χ0v) is 17.6. The van der Waals surface area contributed by atoms with Crippen molar-refractivity contribution in [2.24, 2.45) is 0 Å². The number of rotatable bonds is 19. The van der Waals surface area contributed by atoms with E-state index in [-0.39, 0.29) is 0 Å². The van der Waals surface area contributed by atoms with Crippen molar-refractivity contribution in [3.05, 3.63) is 0 Å². The van der Waals surface area contributed by atoms with Gasteiger partial charge in [0.05, 0.1) is 19.4 Å². The van der Waals surface area contributed by atoms with Crippen molar-refractivity contribution in [2.75, 3.05) is 19.4 Å². The fraction of sp³-hybridized carbons (Fsp3) is 1.00. The minimum atomic E-state index is -2.86. The maximum atomic E-state index is 12.8. The molecule has 0 amide bonds. The van der Waals surface area contributed by atoms with E-state index in [1.165, 1.54) is 64.2 Å². The molecule has 0 N–H and O–H groups in total. The Morgan fingerprint density at radius 2 is 0.917 bits per heavy atom. The molecular formula is C20H43O3P. The summed E-state index contributed by atoms with van der Waals surface area (Å²) >= 11 is 0. The van der Waals surface area contributed by atoms with Crippen LogP contribution in [0.25, 0.3) is 0 Å². The molecule has 24 heavy (non-hydrogen) atoms. The number of hydrogen-bond acceptors (Lipinski definition) is 3. The Morgan fingerprint density at radius 3 is 1.33 bits per heavy atom. The lowest BCUT2D eigenvalue weighted by Gasteiger charge is -2.18. The van der Waals surface area contributed by atoms with Crippen molar-refractivity contribution in [1.29, 1.82) is 0 Å². The van der Waals surface area contributed by atoms with E-state index in [9.17, 15) is 4.57 Å². The van der Waals surface area contributed by atoms with E-state index in [0.29, 0.717) is 19.4 Å². The lowest BCUT2D eigenvalue weighted by Crippen LogP contribution is -2.03. The molecule has 0 spiro atoms. The van der Waals surface area contributed by atoms with E-state index >= 15 is 0 Å². The first-order valence-electron chi connectivity index (χ1n) is 10.6. The minimum absolute atomic E-state index is 0.579. The zero-order chi connectivity index (χ0) is 17.9. The quantitative estimate of drug-likeness (QED) is 0.174. The van der Waals surface area contributed by atoms with Crippen LogP contribution in [0, 0.1) is 0 Å². The van der Waals surface area contributed by atoms with Crippen LogP contribution in [0.15, 0.2) is 0 Å². The van der Waals surface area contributed by atoms with Gasteiger partial charge >= 0.3 is 7.60 Å². The van der Waals surface area contributed by atoms with Gasteiger partial charge in [0.15, 0.2) is 0 Å². The first-order chi connectivity index (χ1) is 11.7. The topological polar surface area (TPSA) is 35.5 Å². The molecule has 4 heteroatoms. The highest BCUT2D eigenvalue weighted by atomic mass is 31.2. The van der Waals surface area contributed by atoms with E-state index in [4.69, 9.17) is 9.05 Å². The second kappa shape index (κ2) is 18.0.